The van der Waals surface area contributed by atoms with Crippen LogP contribution >= 0.6 is 0 Å². The molecule has 0 spiro atoms. The number of rotatable bonds is 3. The molecule has 0 saturated heterocycles. The van der Waals surface area contributed by atoms with Gasteiger partial charge in [0.1, 0.15) is 5.69 Å². The Morgan fingerprint density at radius 1 is 1.60 bits per heavy atom. The average molecular weight is 209 g/mol. The van der Waals surface area contributed by atoms with Crippen LogP contribution in [0.15, 0.2) is 6.20 Å². The molecule has 1 N–H and O–H groups in total. The molecule has 1 heterocycles. The van der Waals surface area contributed by atoms with Gasteiger partial charge in [0.15, 0.2) is 0 Å². The van der Waals surface area contributed by atoms with Gasteiger partial charge in [-0.3, -0.25) is 4.68 Å². The molecule has 1 atom stereocenters. The van der Waals surface area contributed by atoms with Gasteiger partial charge in [-0.1, -0.05) is 25.5 Å². The normalized spacial score (nSPS) is 24.6. The maximum absolute atomic E-state index is 8.90. The first-order valence-corrected chi connectivity index (χ1v) is 5.62. The van der Waals surface area contributed by atoms with Gasteiger partial charge in [0.2, 0.25) is 0 Å². The Balaban J connectivity index is 2.02. The zero-order valence-corrected chi connectivity index (χ0v) is 9.48. The second-order valence-corrected chi connectivity index (χ2v) is 5.17. The Morgan fingerprint density at radius 3 is 2.93 bits per heavy atom. The molecule has 1 fully saturated rings. The number of hydrogen-bond acceptors (Lipinski definition) is 3. The largest absolute Gasteiger partial charge is 0.390 e. The first-order valence-electron chi connectivity index (χ1n) is 5.62. The fourth-order valence-electron chi connectivity index (χ4n) is 2.46. The molecule has 1 aromatic heterocycles. The van der Waals surface area contributed by atoms with Crippen molar-refractivity contribution in [3.05, 3.63) is 11.9 Å². The van der Waals surface area contributed by atoms with E-state index >= 15 is 0 Å². The van der Waals surface area contributed by atoms with Crippen molar-refractivity contribution in [2.75, 3.05) is 0 Å². The van der Waals surface area contributed by atoms with Gasteiger partial charge in [-0.25, -0.2) is 0 Å². The van der Waals surface area contributed by atoms with Crippen molar-refractivity contribution < 1.29 is 5.11 Å². The first kappa shape index (κ1) is 10.6. The lowest BCUT2D eigenvalue weighted by Crippen LogP contribution is -2.22. The van der Waals surface area contributed by atoms with E-state index in [9.17, 15) is 0 Å². The highest BCUT2D eigenvalue weighted by Crippen LogP contribution is 2.43. The number of aliphatic hydroxyl groups is 1. The monoisotopic (exact) mass is 209 g/mol. The van der Waals surface area contributed by atoms with E-state index in [0.717, 1.165) is 6.54 Å². The van der Waals surface area contributed by atoms with Crippen LogP contribution in [0.2, 0.25) is 0 Å². The summed E-state index contributed by atoms with van der Waals surface area (Å²) in [6.45, 7) is 5.57. The summed E-state index contributed by atoms with van der Waals surface area (Å²) in [6, 6.07) is 0. The van der Waals surface area contributed by atoms with E-state index in [1.807, 2.05) is 10.9 Å². The average Bonchev–Trinajstić information content (AvgIpc) is 2.75. The maximum Gasteiger partial charge on any atom is 0.108 e. The van der Waals surface area contributed by atoms with Crippen LogP contribution in [0.25, 0.3) is 0 Å². The Kier molecular flexibility index (Phi) is 2.78. The molecule has 84 valence electrons. The molecule has 0 aromatic carbocycles. The van der Waals surface area contributed by atoms with E-state index in [4.69, 9.17) is 5.11 Å². The van der Waals surface area contributed by atoms with Gasteiger partial charge in [0.05, 0.1) is 12.8 Å². The quantitative estimate of drug-likeness (QED) is 0.822. The summed E-state index contributed by atoms with van der Waals surface area (Å²) in [6.07, 6.45) is 5.74. The van der Waals surface area contributed by atoms with Crippen molar-refractivity contribution in [2.45, 2.75) is 46.3 Å². The summed E-state index contributed by atoms with van der Waals surface area (Å²) in [5.41, 5.74) is 1.08. The van der Waals surface area contributed by atoms with Crippen molar-refractivity contribution in [1.82, 2.24) is 15.0 Å². The van der Waals surface area contributed by atoms with Gasteiger partial charge in [0, 0.05) is 6.54 Å². The molecule has 2 rings (SSSR count). The number of nitrogens with zero attached hydrogens (tertiary/aromatic N) is 3. The second-order valence-electron chi connectivity index (χ2n) is 5.17. The van der Waals surface area contributed by atoms with E-state index in [1.54, 1.807) is 0 Å². The van der Waals surface area contributed by atoms with Gasteiger partial charge in [-0.15, -0.1) is 5.10 Å². The molecule has 1 saturated carbocycles. The number of aliphatic hydroxyl groups excluding tert-OH is 1. The van der Waals surface area contributed by atoms with E-state index in [2.05, 4.69) is 24.2 Å². The van der Waals surface area contributed by atoms with E-state index in [0.29, 0.717) is 17.0 Å². The lowest BCUT2D eigenvalue weighted by atomic mass is 9.82. The molecule has 1 aliphatic rings. The third-order valence-electron chi connectivity index (χ3n) is 3.63. The predicted octanol–water partition coefficient (Wildman–Crippen LogP) is 1.60. The molecule has 1 aromatic rings. The molecule has 4 heteroatoms. The van der Waals surface area contributed by atoms with Gasteiger partial charge in [-0.2, -0.15) is 0 Å². The maximum atomic E-state index is 8.90. The van der Waals surface area contributed by atoms with Crippen molar-refractivity contribution in [3.8, 4) is 0 Å². The summed E-state index contributed by atoms with van der Waals surface area (Å²) in [7, 11) is 0. The molecule has 0 amide bonds. The van der Waals surface area contributed by atoms with Crippen molar-refractivity contribution in [2.24, 2.45) is 11.3 Å². The summed E-state index contributed by atoms with van der Waals surface area (Å²) in [5.74, 6) is 0.686. The van der Waals surface area contributed by atoms with Crippen LogP contribution in [-0.2, 0) is 13.2 Å². The van der Waals surface area contributed by atoms with E-state index in [1.165, 1.54) is 19.3 Å². The molecule has 0 aliphatic heterocycles. The number of hydrogen-bond donors (Lipinski definition) is 1. The molecule has 4 nitrogen and oxygen atoms in total. The van der Waals surface area contributed by atoms with Crippen molar-refractivity contribution >= 4 is 0 Å². The first-order chi connectivity index (χ1) is 7.12. The van der Waals surface area contributed by atoms with Crippen molar-refractivity contribution in [3.63, 3.8) is 0 Å². The Bertz CT molecular complexity index is 332. The smallest absolute Gasteiger partial charge is 0.108 e. The highest BCUT2D eigenvalue weighted by atomic mass is 16.3. The lowest BCUT2D eigenvalue weighted by molar-refractivity contribution is 0.223. The molecular formula is C11H19N3O. The second kappa shape index (κ2) is 3.93. The topological polar surface area (TPSA) is 50.9 Å². The Labute approximate surface area is 90.3 Å². The van der Waals surface area contributed by atoms with E-state index < -0.39 is 0 Å². The van der Waals surface area contributed by atoms with Gasteiger partial charge in [-0.05, 0) is 24.2 Å². The molecular weight excluding hydrogens is 190 g/mol. The summed E-state index contributed by atoms with van der Waals surface area (Å²) < 4.78 is 1.86. The SMILES string of the molecule is CC1(C)CCC[C@@H]1Cn1cc(CO)nn1. The van der Waals surface area contributed by atoms with Crippen LogP contribution in [0.3, 0.4) is 0 Å². The van der Waals surface area contributed by atoms with Crippen LogP contribution in [-0.4, -0.2) is 20.1 Å². The summed E-state index contributed by atoms with van der Waals surface area (Å²) >= 11 is 0. The predicted molar refractivity (Wildman–Crippen MR) is 57.1 cm³/mol. The molecule has 1 aliphatic carbocycles. The minimum Gasteiger partial charge on any atom is -0.390 e. The van der Waals surface area contributed by atoms with Gasteiger partial charge >= 0.3 is 0 Å². The minimum atomic E-state index is -0.0198. The van der Waals surface area contributed by atoms with Crippen molar-refractivity contribution in [1.29, 1.82) is 0 Å². The highest BCUT2D eigenvalue weighted by molar-refractivity contribution is 4.91. The third kappa shape index (κ3) is 2.20. The fourth-order valence-corrected chi connectivity index (χ4v) is 2.46. The van der Waals surface area contributed by atoms with Crippen LogP contribution in [0.1, 0.15) is 38.8 Å². The molecule has 0 unspecified atom stereocenters. The fraction of sp³-hybridized carbons (Fsp3) is 0.818. The van der Waals surface area contributed by atoms with Crippen LogP contribution < -0.4 is 0 Å². The van der Waals surface area contributed by atoms with Gasteiger partial charge < -0.3 is 5.11 Å². The summed E-state index contributed by atoms with van der Waals surface area (Å²) in [4.78, 5) is 0. The van der Waals surface area contributed by atoms with Gasteiger partial charge in [0.25, 0.3) is 0 Å². The zero-order valence-electron chi connectivity index (χ0n) is 9.48. The Hall–Kier alpha value is -0.900. The number of aromatic nitrogens is 3. The lowest BCUT2D eigenvalue weighted by Gasteiger charge is -2.26. The van der Waals surface area contributed by atoms with E-state index in [-0.39, 0.29) is 6.61 Å². The van der Waals surface area contributed by atoms with Crippen LogP contribution in [0.4, 0.5) is 0 Å². The van der Waals surface area contributed by atoms with Crippen LogP contribution in [0, 0.1) is 11.3 Å². The highest BCUT2D eigenvalue weighted by Gasteiger charge is 2.34. The third-order valence-corrected chi connectivity index (χ3v) is 3.63. The summed E-state index contributed by atoms with van der Waals surface area (Å²) in [5, 5.41) is 16.8. The zero-order chi connectivity index (χ0) is 10.9. The standard InChI is InChI=1S/C11H19N3O/c1-11(2)5-3-4-9(11)6-14-7-10(8-15)12-13-14/h7,9,15H,3-6,8H2,1-2H3/t9-/m1/s1. The van der Waals surface area contributed by atoms with Crippen LogP contribution in [0.5, 0.6) is 0 Å². The molecule has 15 heavy (non-hydrogen) atoms. The minimum absolute atomic E-state index is 0.0198. The Morgan fingerprint density at radius 2 is 2.40 bits per heavy atom. The molecule has 0 radical (unpaired) electrons. The molecule has 0 bridgehead atoms.